The number of halogens is 2. The number of hydrogen-bond donors (Lipinski definition) is 2. The molecule has 1 aromatic carbocycles. The Morgan fingerprint density at radius 3 is 2.58 bits per heavy atom. The third-order valence-corrected chi connectivity index (χ3v) is 5.38. The van der Waals surface area contributed by atoms with E-state index in [9.17, 15) is 4.79 Å². The van der Waals surface area contributed by atoms with Crippen LogP contribution in [0, 0.1) is 0 Å². The molecule has 1 aliphatic rings. The molecule has 7 heteroatoms. The molecule has 1 fully saturated rings. The van der Waals surface area contributed by atoms with Crippen LogP contribution in [0.4, 0.5) is 0 Å². The lowest BCUT2D eigenvalue weighted by atomic mass is 10.1. The number of aliphatic imine (C=N–C) groups is 1. The van der Waals surface area contributed by atoms with Crippen molar-refractivity contribution < 1.29 is 4.79 Å². The van der Waals surface area contributed by atoms with Gasteiger partial charge >= 0.3 is 0 Å². The van der Waals surface area contributed by atoms with Crippen molar-refractivity contribution >= 4 is 51.8 Å². The maximum atomic E-state index is 12.3. The summed E-state index contributed by atoms with van der Waals surface area (Å²) in [6.07, 6.45) is 7.81. The van der Waals surface area contributed by atoms with Gasteiger partial charge in [0.2, 0.25) is 5.91 Å². The predicted octanol–water partition coefficient (Wildman–Crippen LogP) is 4.04. The van der Waals surface area contributed by atoms with Gasteiger partial charge < -0.3 is 16.0 Å². The average molecular weight is 537 g/mol. The van der Waals surface area contributed by atoms with Crippen molar-refractivity contribution in [3.63, 3.8) is 0 Å². The molecule has 3 N–H and O–H groups in total. The number of amides is 1. The molecule has 0 spiro atoms. The molecule has 1 aromatic rings. The quantitative estimate of drug-likeness (QED) is 0.249. The van der Waals surface area contributed by atoms with Crippen molar-refractivity contribution in [1.29, 1.82) is 0 Å². The van der Waals surface area contributed by atoms with Crippen LogP contribution in [-0.4, -0.2) is 36.4 Å². The highest BCUT2D eigenvalue weighted by molar-refractivity contribution is 14.0. The van der Waals surface area contributed by atoms with Gasteiger partial charge in [-0.25, -0.2) is 0 Å². The van der Waals surface area contributed by atoms with Gasteiger partial charge in [-0.3, -0.25) is 9.79 Å². The minimum Gasteiger partial charge on any atom is -0.370 e. The molecule has 0 radical (unpaired) electrons. The summed E-state index contributed by atoms with van der Waals surface area (Å²) in [4.78, 5) is 18.3. The smallest absolute Gasteiger partial charge is 0.224 e. The van der Waals surface area contributed by atoms with Gasteiger partial charge in [0.15, 0.2) is 5.96 Å². The van der Waals surface area contributed by atoms with Gasteiger partial charge in [-0.2, -0.15) is 0 Å². The minimum atomic E-state index is 0. The Balaban J connectivity index is 0.00000338. The zero-order valence-corrected chi connectivity index (χ0v) is 19.3. The van der Waals surface area contributed by atoms with E-state index in [0.29, 0.717) is 31.5 Å². The highest BCUT2D eigenvalue weighted by Gasteiger charge is 2.13. The van der Waals surface area contributed by atoms with Crippen LogP contribution in [-0.2, 0) is 11.3 Å². The molecule has 1 amide bonds. The molecule has 146 valence electrons. The molecule has 2 rings (SSSR count). The van der Waals surface area contributed by atoms with Crippen LogP contribution in [0.3, 0.4) is 0 Å². The standard InChI is InChI=1S/C19H29BrN4O.HI/c1-24(14-15-8-6-7-11-17(15)20)18(25)12-13-22-19(21)23-16-9-4-2-3-5-10-16;/h6-8,11,16H,2-5,9-10,12-14H2,1H3,(H3,21,22,23);1H. The predicted molar refractivity (Wildman–Crippen MR) is 122 cm³/mol. The number of rotatable bonds is 6. The SMILES string of the molecule is CN(Cc1ccccc1Br)C(=O)CCN=C(N)NC1CCCCCC1.I. The van der Waals surface area contributed by atoms with Crippen LogP contribution in [0.2, 0.25) is 0 Å². The fourth-order valence-electron chi connectivity index (χ4n) is 3.11. The summed E-state index contributed by atoms with van der Waals surface area (Å²) in [7, 11) is 1.82. The van der Waals surface area contributed by atoms with Crippen molar-refractivity contribution in [2.24, 2.45) is 10.7 Å². The van der Waals surface area contributed by atoms with Crippen molar-refractivity contribution in [1.82, 2.24) is 10.2 Å². The zero-order chi connectivity index (χ0) is 18.1. The van der Waals surface area contributed by atoms with Gasteiger partial charge in [0.25, 0.3) is 0 Å². The molecule has 0 atom stereocenters. The molecule has 1 aliphatic carbocycles. The van der Waals surface area contributed by atoms with E-state index < -0.39 is 0 Å². The molecule has 0 aromatic heterocycles. The molecule has 0 saturated heterocycles. The van der Waals surface area contributed by atoms with Crippen LogP contribution >= 0.6 is 39.9 Å². The Morgan fingerprint density at radius 1 is 1.27 bits per heavy atom. The summed E-state index contributed by atoms with van der Waals surface area (Å²) in [6, 6.07) is 8.37. The number of nitrogens with zero attached hydrogens (tertiary/aromatic N) is 2. The first-order valence-electron chi connectivity index (χ1n) is 9.10. The third-order valence-electron chi connectivity index (χ3n) is 4.61. The Bertz CT molecular complexity index is 589. The Labute approximate surface area is 182 Å². The van der Waals surface area contributed by atoms with Crippen molar-refractivity contribution in [3.05, 3.63) is 34.3 Å². The van der Waals surface area contributed by atoms with Crippen LogP contribution in [0.5, 0.6) is 0 Å². The van der Waals surface area contributed by atoms with E-state index in [4.69, 9.17) is 5.73 Å². The van der Waals surface area contributed by atoms with Gasteiger partial charge in [0.05, 0.1) is 6.54 Å². The summed E-state index contributed by atoms with van der Waals surface area (Å²) in [5, 5.41) is 3.31. The van der Waals surface area contributed by atoms with E-state index in [1.54, 1.807) is 4.90 Å². The zero-order valence-electron chi connectivity index (χ0n) is 15.4. The summed E-state index contributed by atoms with van der Waals surface area (Å²) >= 11 is 3.51. The van der Waals surface area contributed by atoms with Crippen LogP contribution < -0.4 is 11.1 Å². The van der Waals surface area contributed by atoms with Gasteiger partial charge in [0, 0.05) is 30.5 Å². The molecule has 0 aliphatic heterocycles. The van der Waals surface area contributed by atoms with Gasteiger partial charge in [-0.15, -0.1) is 24.0 Å². The largest absolute Gasteiger partial charge is 0.370 e. The van der Waals surface area contributed by atoms with E-state index in [1.807, 2.05) is 31.3 Å². The molecule has 26 heavy (non-hydrogen) atoms. The van der Waals surface area contributed by atoms with E-state index >= 15 is 0 Å². The van der Waals surface area contributed by atoms with E-state index in [-0.39, 0.29) is 29.9 Å². The first kappa shape index (κ1) is 23.2. The lowest BCUT2D eigenvalue weighted by molar-refractivity contribution is -0.130. The second kappa shape index (κ2) is 12.5. The Hall–Kier alpha value is -0.830. The topological polar surface area (TPSA) is 70.7 Å². The highest BCUT2D eigenvalue weighted by Crippen LogP contribution is 2.18. The van der Waals surface area contributed by atoms with Crippen LogP contribution in [0.1, 0.15) is 50.5 Å². The number of nitrogens with one attached hydrogen (secondary N) is 1. The van der Waals surface area contributed by atoms with Gasteiger partial charge in [-0.05, 0) is 24.5 Å². The van der Waals surface area contributed by atoms with E-state index in [1.165, 1.54) is 25.7 Å². The molecule has 1 saturated carbocycles. The van der Waals surface area contributed by atoms with Crippen molar-refractivity contribution in [2.45, 2.75) is 57.5 Å². The second-order valence-electron chi connectivity index (χ2n) is 6.69. The number of carbonyl (C=O) groups is 1. The molecular weight excluding hydrogens is 507 g/mol. The number of benzene rings is 1. The molecule has 0 bridgehead atoms. The normalized spacial score (nSPS) is 15.7. The summed E-state index contributed by atoms with van der Waals surface area (Å²) in [5.74, 6) is 0.537. The number of nitrogens with two attached hydrogens (primary N) is 1. The monoisotopic (exact) mass is 536 g/mol. The van der Waals surface area contributed by atoms with Gasteiger partial charge in [0.1, 0.15) is 0 Å². The summed E-state index contributed by atoms with van der Waals surface area (Å²) in [6.45, 7) is 1.00. The fraction of sp³-hybridized carbons (Fsp3) is 0.579. The summed E-state index contributed by atoms with van der Waals surface area (Å²) < 4.78 is 1.02. The Kier molecular flexibility index (Phi) is 11.2. The van der Waals surface area contributed by atoms with Crippen molar-refractivity contribution in [2.75, 3.05) is 13.6 Å². The lowest BCUT2D eigenvalue weighted by Gasteiger charge is -2.18. The van der Waals surface area contributed by atoms with E-state index in [2.05, 4.69) is 26.2 Å². The molecule has 0 unspecified atom stereocenters. The molecular formula is C19H30BrIN4O. The van der Waals surface area contributed by atoms with Crippen LogP contribution in [0.15, 0.2) is 33.7 Å². The third kappa shape index (κ3) is 8.24. The lowest BCUT2D eigenvalue weighted by Crippen LogP contribution is -2.40. The number of guanidine groups is 1. The van der Waals surface area contributed by atoms with E-state index in [0.717, 1.165) is 22.9 Å². The molecule has 0 heterocycles. The minimum absolute atomic E-state index is 0. The van der Waals surface area contributed by atoms with Crippen molar-refractivity contribution in [3.8, 4) is 0 Å². The average Bonchev–Trinajstić information content (AvgIpc) is 2.85. The molecule has 5 nitrogen and oxygen atoms in total. The highest BCUT2D eigenvalue weighted by atomic mass is 127. The maximum Gasteiger partial charge on any atom is 0.224 e. The fourth-order valence-corrected chi connectivity index (χ4v) is 3.52. The Morgan fingerprint density at radius 2 is 1.92 bits per heavy atom. The second-order valence-corrected chi connectivity index (χ2v) is 7.55. The first-order chi connectivity index (χ1) is 12.1. The number of carbonyl (C=O) groups excluding carboxylic acids is 1. The first-order valence-corrected chi connectivity index (χ1v) is 9.89. The summed E-state index contributed by atoms with van der Waals surface area (Å²) in [5.41, 5.74) is 7.06. The number of hydrogen-bond acceptors (Lipinski definition) is 2. The van der Waals surface area contributed by atoms with Gasteiger partial charge in [-0.1, -0.05) is 59.8 Å². The maximum absolute atomic E-state index is 12.3. The van der Waals surface area contributed by atoms with Crippen LogP contribution in [0.25, 0.3) is 0 Å².